The summed E-state index contributed by atoms with van der Waals surface area (Å²) in [7, 11) is 0. The van der Waals surface area contributed by atoms with Crippen LogP contribution in [0, 0.1) is 0 Å². The minimum Gasteiger partial charge on any atom is -0.305 e. The molecule has 2 heterocycles. The van der Waals surface area contributed by atoms with Gasteiger partial charge in [-0.15, -0.1) is 0 Å². The van der Waals surface area contributed by atoms with Crippen LogP contribution in [0.15, 0.2) is 72.9 Å². The number of nitrogens with one attached hydrogen (secondary N) is 1. The first-order chi connectivity index (χ1) is 13.9. The first-order valence-electron chi connectivity index (χ1n) is 9.68. The fourth-order valence-corrected chi connectivity index (χ4v) is 3.18. The summed E-state index contributed by atoms with van der Waals surface area (Å²) in [4.78, 5) is 17.5. The quantitative estimate of drug-likeness (QED) is 0.537. The second-order valence-corrected chi connectivity index (χ2v) is 8.18. The van der Waals surface area contributed by atoms with Crippen LogP contribution in [0.1, 0.15) is 42.5 Å². The molecule has 0 fully saturated rings. The molecule has 5 nitrogen and oxygen atoms in total. The molecule has 0 saturated carbocycles. The van der Waals surface area contributed by atoms with Crippen molar-refractivity contribution in [3.05, 3.63) is 89.9 Å². The van der Waals surface area contributed by atoms with E-state index in [1.54, 1.807) is 10.9 Å². The Morgan fingerprint density at radius 1 is 0.966 bits per heavy atom. The van der Waals surface area contributed by atoms with Gasteiger partial charge in [-0.2, -0.15) is 5.10 Å². The molecule has 2 aromatic heterocycles. The van der Waals surface area contributed by atoms with Gasteiger partial charge >= 0.3 is 0 Å². The number of hydrogen-bond acceptors (Lipinski definition) is 3. The van der Waals surface area contributed by atoms with Crippen molar-refractivity contribution in [1.29, 1.82) is 0 Å². The molecule has 5 heteroatoms. The van der Waals surface area contributed by atoms with Crippen molar-refractivity contribution in [2.24, 2.45) is 0 Å². The van der Waals surface area contributed by atoms with Gasteiger partial charge in [0.1, 0.15) is 11.5 Å². The van der Waals surface area contributed by atoms with Gasteiger partial charge in [-0.25, -0.2) is 4.98 Å². The van der Waals surface area contributed by atoms with Crippen molar-refractivity contribution in [3.63, 3.8) is 0 Å². The molecule has 146 valence electrons. The Kier molecular flexibility index (Phi) is 4.89. The maximum absolute atomic E-state index is 13.1. The van der Waals surface area contributed by atoms with Crippen molar-refractivity contribution in [2.45, 2.75) is 32.7 Å². The Labute approximate surface area is 170 Å². The van der Waals surface area contributed by atoms with Crippen LogP contribution in [0.5, 0.6) is 0 Å². The Morgan fingerprint density at radius 3 is 2.38 bits per heavy atom. The van der Waals surface area contributed by atoms with E-state index in [0.29, 0.717) is 18.1 Å². The van der Waals surface area contributed by atoms with Gasteiger partial charge in [-0.1, -0.05) is 75.4 Å². The lowest BCUT2D eigenvalue weighted by atomic mass is 9.92. The molecule has 0 aliphatic rings. The van der Waals surface area contributed by atoms with Gasteiger partial charge in [0.2, 0.25) is 0 Å². The van der Waals surface area contributed by atoms with E-state index in [2.05, 4.69) is 31.1 Å². The predicted molar refractivity (Wildman–Crippen MR) is 116 cm³/mol. The lowest BCUT2D eigenvalue weighted by Gasteiger charge is -2.14. The number of hydrogen-bond donors (Lipinski definition) is 1. The van der Waals surface area contributed by atoms with Crippen LogP contribution in [-0.2, 0) is 12.0 Å². The van der Waals surface area contributed by atoms with Crippen LogP contribution in [-0.4, -0.2) is 20.7 Å². The molecule has 0 atom stereocenters. The Hall–Kier alpha value is -3.47. The van der Waals surface area contributed by atoms with E-state index in [-0.39, 0.29) is 11.3 Å². The lowest BCUT2D eigenvalue weighted by molar-refractivity contribution is 0.101. The van der Waals surface area contributed by atoms with Crippen LogP contribution < -0.4 is 5.32 Å². The summed E-state index contributed by atoms with van der Waals surface area (Å²) in [6, 6.07) is 21.7. The highest BCUT2D eigenvalue weighted by molar-refractivity contribution is 6.03. The number of aromatic nitrogens is 3. The largest absolute Gasteiger partial charge is 0.305 e. The van der Waals surface area contributed by atoms with Crippen LogP contribution >= 0.6 is 0 Å². The van der Waals surface area contributed by atoms with E-state index in [4.69, 9.17) is 5.10 Å². The summed E-state index contributed by atoms with van der Waals surface area (Å²) in [5, 5.41) is 9.73. The normalized spacial score (nSPS) is 11.6. The summed E-state index contributed by atoms with van der Waals surface area (Å²) in [5.74, 6) is 0.310. The van der Waals surface area contributed by atoms with E-state index >= 15 is 0 Å². The van der Waals surface area contributed by atoms with E-state index in [1.807, 2.05) is 66.7 Å². The molecular formula is C24H24N4O. The molecule has 1 amide bonds. The summed E-state index contributed by atoms with van der Waals surface area (Å²) in [5.41, 5.74) is 2.34. The maximum Gasteiger partial charge on any atom is 0.275 e. The first-order valence-corrected chi connectivity index (χ1v) is 9.68. The summed E-state index contributed by atoms with van der Waals surface area (Å²) in [6.45, 7) is 6.81. The molecule has 0 aliphatic carbocycles. The third-order valence-electron chi connectivity index (χ3n) is 4.83. The van der Waals surface area contributed by atoms with Crippen molar-refractivity contribution < 1.29 is 4.79 Å². The van der Waals surface area contributed by atoms with Crippen molar-refractivity contribution in [2.75, 3.05) is 5.32 Å². The monoisotopic (exact) mass is 384 g/mol. The van der Waals surface area contributed by atoms with E-state index in [0.717, 1.165) is 22.0 Å². The molecule has 4 aromatic rings. The molecule has 0 bridgehead atoms. The van der Waals surface area contributed by atoms with Crippen LogP contribution in [0.3, 0.4) is 0 Å². The molecule has 0 unspecified atom stereocenters. The topological polar surface area (TPSA) is 59.8 Å². The van der Waals surface area contributed by atoms with Gasteiger partial charge in [0.25, 0.3) is 5.91 Å². The highest BCUT2D eigenvalue weighted by Crippen LogP contribution is 2.23. The Morgan fingerprint density at radius 2 is 1.66 bits per heavy atom. The minimum atomic E-state index is -0.216. The van der Waals surface area contributed by atoms with Gasteiger partial charge in [-0.3, -0.25) is 9.48 Å². The Bertz CT molecular complexity index is 1160. The molecule has 2 aromatic carbocycles. The van der Waals surface area contributed by atoms with E-state index in [1.165, 1.54) is 0 Å². The average Bonchev–Trinajstić information content (AvgIpc) is 3.13. The average molecular weight is 384 g/mol. The second-order valence-electron chi connectivity index (χ2n) is 8.18. The number of amides is 1. The van der Waals surface area contributed by atoms with E-state index in [9.17, 15) is 4.79 Å². The maximum atomic E-state index is 13.1. The highest BCUT2D eigenvalue weighted by atomic mass is 16.2. The van der Waals surface area contributed by atoms with Crippen molar-refractivity contribution in [1.82, 2.24) is 14.8 Å². The summed E-state index contributed by atoms with van der Waals surface area (Å²) >= 11 is 0. The number of fused-ring (bicyclic) bond motifs is 1. The van der Waals surface area contributed by atoms with Gasteiger partial charge in [0.15, 0.2) is 0 Å². The van der Waals surface area contributed by atoms with Crippen molar-refractivity contribution >= 4 is 22.5 Å². The SMILES string of the molecule is CC(C)(C)c1cc(C(=O)Nc2cc3ccccc3cn2)n(Cc2ccccc2)n1. The molecule has 0 radical (unpaired) electrons. The van der Waals surface area contributed by atoms with Gasteiger partial charge in [0, 0.05) is 17.0 Å². The fourth-order valence-electron chi connectivity index (χ4n) is 3.18. The van der Waals surface area contributed by atoms with E-state index < -0.39 is 0 Å². The number of nitrogens with zero attached hydrogens (tertiary/aromatic N) is 3. The lowest BCUT2D eigenvalue weighted by Crippen LogP contribution is -2.19. The number of pyridine rings is 1. The second kappa shape index (κ2) is 7.51. The Balaban J connectivity index is 1.66. The number of carbonyl (C=O) groups excluding carboxylic acids is 1. The number of rotatable bonds is 4. The zero-order chi connectivity index (χ0) is 20.4. The molecule has 4 rings (SSSR count). The van der Waals surface area contributed by atoms with Crippen LogP contribution in [0.2, 0.25) is 0 Å². The first kappa shape index (κ1) is 18.9. The third-order valence-corrected chi connectivity index (χ3v) is 4.83. The predicted octanol–water partition coefficient (Wildman–Crippen LogP) is 5.03. The van der Waals surface area contributed by atoms with Crippen molar-refractivity contribution in [3.8, 4) is 0 Å². The molecule has 29 heavy (non-hydrogen) atoms. The third kappa shape index (κ3) is 4.19. The number of benzene rings is 2. The standard InChI is InChI=1S/C24H24N4O/c1-24(2,3)21-14-20(28(27-21)16-17-9-5-4-6-10-17)23(29)26-22-13-18-11-7-8-12-19(18)15-25-22/h4-15H,16H2,1-3H3,(H,25,26,29). The van der Waals surface area contributed by atoms with Crippen LogP contribution in [0.25, 0.3) is 10.8 Å². The zero-order valence-electron chi connectivity index (χ0n) is 16.9. The van der Waals surface area contributed by atoms with Gasteiger partial charge in [-0.05, 0) is 23.1 Å². The molecule has 0 aliphatic heterocycles. The number of anilines is 1. The minimum absolute atomic E-state index is 0.155. The molecule has 0 spiro atoms. The molecular weight excluding hydrogens is 360 g/mol. The number of carbonyl (C=O) groups is 1. The smallest absolute Gasteiger partial charge is 0.275 e. The fraction of sp³-hybridized carbons (Fsp3) is 0.208. The van der Waals surface area contributed by atoms with Gasteiger partial charge < -0.3 is 5.32 Å². The van der Waals surface area contributed by atoms with Crippen LogP contribution in [0.4, 0.5) is 5.82 Å². The summed E-state index contributed by atoms with van der Waals surface area (Å²) in [6.07, 6.45) is 1.77. The van der Waals surface area contributed by atoms with Gasteiger partial charge in [0.05, 0.1) is 12.2 Å². The highest BCUT2D eigenvalue weighted by Gasteiger charge is 2.23. The molecule has 1 N–H and O–H groups in total. The summed E-state index contributed by atoms with van der Waals surface area (Å²) < 4.78 is 1.77. The zero-order valence-corrected chi connectivity index (χ0v) is 16.9. The molecule has 0 saturated heterocycles.